The Bertz CT molecular complexity index is 389. The van der Waals surface area contributed by atoms with Gasteiger partial charge >= 0.3 is 0 Å². The second kappa shape index (κ2) is 4.34. The molecule has 0 aliphatic carbocycles. The molecule has 0 spiro atoms. The highest BCUT2D eigenvalue weighted by atomic mass is 15.2. The van der Waals surface area contributed by atoms with E-state index in [4.69, 9.17) is 5.73 Å². The Morgan fingerprint density at radius 2 is 1.76 bits per heavy atom. The Morgan fingerprint density at radius 3 is 2.29 bits per heavy atom. The molecular formula is C15H24N2. The number of hydrogen-bond acceptors (Lipinski definition) is 2. The molecule has 2 N–H and O–H groups in total. The van der Waals surface area contributed by atoms with Gasteiger partial charge in [-0.3, -0.25) is 0 Å². The molecule has 0 saturated carbocycles. The monoisotopic (exact) mass is 232 g/mol. The van der Waals surface area contributed by atoms with E-state index >= 15 is 0 Å². The second-order valence-electron chi connectivity index (χ2n) is 6.06. The summed E-state index contributed by atoms with van der Waals surface area (Å²) in [7, 11) is 0. The molecule has 94 valence electrons. The van der Waals surface area contributed by atoms with Gasteiger partial charge in [0.1, 0.15) is 0 Å². The standard InChI is InChI=1S/C15H24N2/c1-11-7-12(2)9-14(8-11)17-6-5-13(16)10-15(17,3)4/h7-9,13H,5-6,10,16H2,1-4H3. The van der Waals surface area contributed by atoms with Crippen LogP contribution in [-0.2, 0) is 0 Å². The summed E-state index contributed by atoms with van der Waals surface area (Å²) >= 11 is 0. The first kappa shape index (κ1) is 12.4. The van der Waals surface area contributed by atoms with Gasteiger partial charge in [0.25, 0.3) is 0 Å². The maximum atomic E-state index is 6.08. The molecule has 0 amide bonds. The van der Waals surface area contributed by atoms with E-state index in [2.05, 4.69) is 50.8 Å². The third-order valence-corrected chi connectivity index (χ3v) is 3.73. The molecule has 1 saturated heterocycles. The fourth-order valence-corrected chi connectivity index (χ4v) is 3.04. The van der Waals surface area contributed by atoms with Gasteiger partial charge in [0.2, 0.25) is 0 Å². The molecule has 0 bridgehead atoms. The molecule has 1 aromatic carbocycles. The molecule has 0 aromatic heterocycles. The summed E-state index contributed by atoms with van der Waals surface area (Å²) in [5.41, 5.74) is 10.3. The van der Waals surface area contributed by atoms with Gasteiger partial charge in [0.15, 0.2) is 0 Å². The summed E-state index contributed by atoms with van der Waals surface area (Å²) in [4.78, 5) is 2.51. The highest BCUT2D eigenvalue weighted by Crippen LogP contribution is 2.32. The normalized spacial score (nSPS) is 23.8. The zero-order valence-electron chi connectivity index (χ0n) is 11.5. The van der Waals surface area contributed by atoms with Crippen molar-refractivity contribution in [3.05, 3.63) is 29.3 Å². The van der Waals surface area contributed by atoms with Crippen molar-refractivity contribution in [3.8, 4) is 0 Å². The minimum Gasteiger partial charge on any atom is -0.366 e. The molecule has 0 radical (unpaired) electrons. The highest BCUT2D eigenvalue weighted by Gasteiger charge is 2.33. The van der Waals surface area contributed by atoms with Gasteiger partial charge in [-0.1, -0.05) is 6.07 Å². The van der Waals surface area contributed by atoms with Crippen molar-refractivity contribution in [3.63, 3.8) is 0 Å². The lowest BCUT2D eigenvalue weighted by molar-refractivity contribution is 0.327. The van der Waals surface area contributed by atoms with Crippen molar-refractivity contribution in [2.45, 2.75) is 52.1 Å². The Morgan fingerprint density at radius 1 is 1.18 bits per heavy atom. The fourth-order valence-electron chi connectivity index (χ4n) is 3.04. The van der Waals surface area contributed by atoms with Crippen molar-refractivity contribution in [2.24, 2.45) is 5.73 Å². The van der Waals surface area contributed by atoms with Crippen molar-refractivity contribution in [1.82, 2.24) is 0 Å². The van der Waals surface area contributed by atoms with Crippen molar-refractivity contribution in [2.75, 3.05) is 11.4 Å². The van der Waals surface area contributed by atoms with Crippen LogP contribution in [0.4, 0.5) is 5.69 Å². The molecule has 1 aromatic rings. The van der Waals surface area contributed by atoms with Crippen LogP contribution in [0.2, 0.25) is 0 Å². The summed E-state index contributed by atoms with van der Waals surface area (Å²) in [6, 6.07) is 7.15. The lowest BCUT2D eigenvalue weighted by Gasteiger charge is -2.46. The maximum absolute atomic E-state index is 6.08. The molecule has 1 atom stereocenters. The van der Waals surface area contributed by atoms with Gasteiger partial charge < -0.3 is 10.6 Å². The highest BCUT2D eigenvalue weighted by molar-refractivity contribution is 5.53. The van der Waals surface area contributed by atoms with E-state index in [1.807, 2.05) is 0 Å². The zero-order chi connectivity index (χ0) is 12.6. The van der Waals surface area contributed by atoms with Crippen LogP contribution < -0.4 is 10.6 Å². The molecule has 1 aliphatic heterocycles. The quantitative estimate of drug-likeness (QED) is 0.806. The third-order valence-electron chi connectivity index (χ3n) is 3.73. The van der Waals surface area contributed by atoms with Crippen molar-refractivity contribution in [1.29, 1.82) is 0 Å². The van der Waals surface area contributed by atoms with Crippen LogP contribution in [-0.4, -0.2) is 18.1 Å². The number of anilines is 1. The summed E-state index contributed by atoms with van der Waals surface area (Å²) < 4.78 is 0. The molecule has 1 aliphatic rings. The van der Waals surface area contributed by atoms with Crippen molar-refractivity contribution < 1.29 is 0 Å². The molecule has 17 heavy (non-hydrogen) atoms. The Hall–Kier alpha value is -1.02. The minimum absolute atomic E-state index is 0.165. The number of piperidine rings is 1. The van der Waals surface area contributed by atoms with Crippen LogP contribution in [0.5, 0.6) is 0 Å². The number of aryl methyl sites for hydroxylation is 2. The van der Waals surface area contributed by atoms with E-state index in [-0.39, 0.29) is 5.54 Å². The maximum Gasteiger partial charge on any atom is 0.0375 e. The van der Waals surface area contributed by atoms with E-state index in [0.717, 1.165) is 19.4 Å². The summed E-state index contributed by atoms with van der Waals surface area (Å²) in [6.07, 6.45) is 2.16. The van der Waals surface area contributed by atoms with E-state index in [9.17, 15) is 0 Å². The predicted octanol–water partition coefficient (Wildman–Crippen LogP) is 3.01. The largest absolute Gasteiger partial charge is 0.366 e. The summed E-state index contributed by atoms with van der Waals surface area (Å²) in [5.74, 6) is 0. The van der Waals surface area contributed by atoms with E-state index in [1.54, 1.807) is 0 Å². The van der Waals surface area contributed by atoms with Gasteiger partial charge in [0.05, 0.1) is 0 Å². The van der Waals surface area contributed by atoms with Gasteiger partial charge in [0, 0.05) is 23.8 Å². The average Bonchev–Trinajstić information content (AvgIpc) is 2.13. The van der Waals surface area contributed by atoms with Crippen LogP contribution >= 0.6 is 0 Å². The van der Waals surface area contributed by atoms with E-state index < -0.39 is 0 Å². The van der Waals surface area contributed by atoms with Crippen LogP contribution in [0.3, 0.4) is 0 Å². The first-order valence-corrected chi connectivity index (χ1v) is 6.50. The van der Waals surface area contributed by atoms with Gasteiger partial charge in [-0.05, 0) is 63.8 Å². The Labute approximate surface area is 105 Å². The smallest absolute Gasteiger partial charge is 0.0375 e. The van der Waals surface area contributed by atoms with E-state index in [1.165, 1.54) is 16.8 Å². The Kier molecular flexibility index (Phi) is 3.17. The molecule has 1 fully saturated rings. The van der Waals surface area contributed by atoms with Crippen molar-refractivity contribution >= 4 is 5.69 Å². The Balaban J connectivity index is 2.32. The topological polar surface area (TPSA) is 29.3 Å². The summed E-state index contributed by atoms with van der Waals surface area (Å²) in [6.45, 7) is 9.99. The molecule has 1 heterocycles. The number of rotatable bonds is 1. The first-order valence-electron chi connectivity index (χ1n) is 6.50. The van der Waals surface area contributed by atoms with Crippen LogP contribution in [0.15, 0.2) is 18.2 Å². The molecule has 2 heteroatoms. The molecular weight excluding hydrogens is 208 g/mol. The SMILES string of the molecule is Cc1cc(C)cc(N2CCC(N)CC2(C)C)c1. The minimum atomic E-state index is 0.165. The molecule has 2 nitrogen and oxygen atoms in total. The fraction of sp³-hybridized carbons (Fsp3) is 0.600. The summed E-state index contributed by atoms with van der Waals surface area (Å²) in [5, 5.41) is 0. The van der Waals surface area contributed by atoms with Gasteiger partial charge in [-0.15, -0.1) is 0 Å². The number of hydrogen-bond donors (Lipinski definition) is 1. The van der Waals surface area contributed by atoms with Gasteiger partial charge in [-0.2, -0.15) is 0 Å². The number of benzene rings is 1. The van der Waals surface area contributed by atoms with E-state index in [0.29, 0.717) is 6.04 Å². The molecule has 1 unspecified atom stereocenters. The lowest BCUT2D eigenvalue weighted by atomic mass is 9.86. The second-order valence-corrected chi connectivity index (χ2v) is 6.06. The first-order chi connectivity index (χ1) is 7.88. The predicted molar refractivity (Wildman–Crippen MR) is 74.6 cm³/mol. The zero-order valence-corrected chi connectivity index (χ0v) is 11.5. The molecule has 2 rings (SSSR count). The number of nitrogens with zero attached hydrogens (tertiary/aromatic N) is 1. The third kappa shape index (κ3) is 2.63. The van der Waals surface area contributed by atoms with Crippen LogP contribution in [0.1, 0.15) is 37.8 Å². The number of nitrogens with two attached hydrogens (primary N) is 1. The lowest BCUT2D eigenvalue weighted by Crippen LogP contribution is -2.53. The van der Waals surface area contributed by atoms with Gasteiger partial charge in [-0.25, -0.2) is 0 Å². The van der Waals surface area contributed by atoms with Crippen LogP contribution in [0, 0.1) is 13.8 Å². The average molecular weight is 232 g/mol. The van der Waals surface area contributed by atoms with Crippen LogP contribution in [0.25, 0.3) is 0 Å².